The van der Waals surface area contributed by atoms with Gasteiger partial charge >= 0.3 is 5.97 Å². The Bertz CT molecular complexity index is 1250. The summed E-state index contributed by atoms with van der Waals surface area (Å²) in [5.74, 6) is 0.823. The predicted octanol–water partition coefficient (Wildman–Crippen LogP) is 0.736. The third kappa shape index (κ3) is 4.01. The Labute approximate surface area is 223 Å². The lowest BCUT2D eigenvalue weighted by Gasteiger charge is -2.35. The van der Waals surface area contributed by atoms with E-state index in [1.807, 2.05) is 6.07 Å². The molecule has 0 aromatic heterocycles. The molecule has 6 rings (SSSR count). The van der Waals surface area contributed by atoms with E-state index < -0.39 is 43.0 Å². The minimum absolute atomic E-state index is 0.0473. The smallest absolute Gasteiger partial charge is 0.310 e. The Kier molecular flexibility index (Phi) is 6.58. The number of hydrogen-bond donors (Lipinski definition) is 3. The maximum Gasteiger partial charge on any atom is 0.310 e. The Morgan fingerprint density at radius 3 is 2.33 bits per heavy atom. The molecule has 12 nitrogen and oxygen atoms in total. The van der Waals surface area contributed by atoms with Crippen LogP contribution in [0.3, 0.4) is 0 Å². The first-order chi connectivity index (χ1) is 18.9. The van der Waals surface area contributed by atoms with Gasteiger partial charge in [-0.2, -0.15) is 0 Å². The van der Waals surface area contributed by atoms with Gasteiger partial charge in [-0.1, -0.05) is 0 Å². The van der Waals surface area contributed by atoms with E-state index in [0.29, 0.717) is 35.2 Å². The SMILES string of the molecule is COc1cc([C@H]2c3cc4c(c(O[C@H]5O[C@@H](CO)[C@@H](O)[C@H]5O)c3C[C@H]3COC(=O)[C@@H]32)OCO4)cc(OC)c1OC. The van der Waals surface area contributed by atoms with Gasteiger partial charge in [-0.05, 0) is 35.7 Å². The number of carbonyl (C=O) groups is 1. The first-order valence-electron chi connectivity index (χ1n) is 12.6. The lowest BCUT2D eigenvalue weighted by atomic mass is 9.67. The second-order valence-electron chi connectivity index (χ2n) is 9.89. The second-order valence-corrected chi connectivity index (χ2v) is 9.89. The van der Waals surface area contributed by atoms with E-state index in [4.69, 9.17) is 37.9 Å². The molecular formula is C27H30O12. The Morgan fingerprint density at radius 1 is 0.949 bits per heavy atom. The van der Waals surface area contributed by atoms with Crippen LogP contribution in [-0.2, 0) is 20.7 Å². The summed E-state index contributed by atoms with van der Waals surface area (Å²) >= 11 is 0. The lowest BCUT2D eigenvalue weighted by Crippen LogP contribution is -2.36. The van der Waals surface area contributed by atoms with E-state index in [0.717, 1.165) is 16.7 Å². The summed E-state index contributed by atoms with van der Waals surface area (Å²) in [6, 6.07) is 5.44. The Morgan fingerprint density at radius 2 is 1.69 bits per heavy atom. The Balaban J connectivity index is 1.51. The van der Waals surface area contributed by atoms with Gasteiger partial charge in [0.25, 0.3) is 0 Å². The van der Waals surface area contributed by atoms with Crippen molar-refractivity contribution in [3.8, 4) is 34.5 Å². The minimum atomic E-state index is -1.41. The molecule has 0 spiro atoms. The molecule has 0 unspecified atom stereocenters. The number of carbonyl (C=O) groups excluding carboxylic acids is 1. The number of rotatable bonds is 7. The number of esters is 1. The molecule has 0 radical (unpaired) electrons. The zero-order valence-corrected chi connectivity index (χ0v) is 21.6. The standard InChI is InChI=1S/C27H30O12/c1-32-15-5-11(6-16(33-2)24(15)34-3)19-13-7-17-25(37-10-36-17)23(14(13)4-12-9-35-26(31)20(12)19)39-27-22(30)21(29)18(8-28)38-27/h5-7,12,18-22,27-30H,4,8-10H2,1-3H3/t12-,18-,19-,20-,21+,22+,27+/m0/s1. The van der Waals surface area contributed by atoms with E-state index in [2.05, 4.69) is 0 Å². The predicted molar refractivity (Wildman–Crippen MR) is 131 cm³/mol. The largest absolute Gasteiger partial charge is 0.493 e. The van der Waals surface area contributed by atoms with Gasteiger partial charge in [0, 0.05) is 17.4 Å². The number of hydrogen-bond acceptors (Lipinski definition) is 12. The van der Waals surface area contributed by atoms with Crippen LogP contribution in [0.4, 0.5) is 0 Å². The van der Waals surface area contributed by atoms with Gasteiger partial charge in [-0.15, -0.1) is 0 Å². The molecule has 7 atom stereocenters. The van der Waals surface area contributed by atoms with Gasteiger partial charge in [0.05, 0.1) is 40.5 Å². The van der Waals surface area contributed by atoms with E-state index in [9.17, 15) is 20.1 Å². The van der Waals surface area contributed by atoms with Crippen LogP contribution in [0.5, 0.6) is 34.5 Å². The maximum atomic E-state index is 13.1. The average molecular weight is 547 g/mol. The highest BCUT2D eigenvalue weighted by atomic mass is 16.7. The number of cyclic esters (lactones) is 1. The number of aliphatic hydroxyl groups excluding tert-OH is 3. The van der Waals surface area contributed by atoms with Crippen molar-refractivity contribution in [2.45, 2.75) is 36.9 Å². The van der Waals surface area contributed by atoms with E-state index in [-0.39, 0.29) is 31.0 Å². The van der Waals surface area contributed by atoms with Crippen LogP contribution in [0.25, 0.3) is 0 Å². The maximum absolute atomic E-state index is 13.1. The van der Waals surface area contributed by atoms with Crippen molar-refractivity contribution < 1.29 is 58.0 Å². The number of fused-ring (bicyclic) bond motifs is 3. The first-order valence-corrected chi connectivity index (χ1v) is 12.6. The highest BCUT2D eigenvalue weighted by Crippen LogP contribution is 2.56. The number of methoxy groups -OCH3 is 3. The minimum Gasteiger partial charge on any atom is -0.493 e. The molecule has 3 aliphatic heterocycles. The fourth-order valence-electron chi connectivity index (χ4n) is 6.06. The van der Waals surface area contributed by atoms with Crippen molar-refractivity contribution in [2.24, 2.45) is 11.8 Å². The van der Waals surface area contributed by atoms with Crippen LogP contribution < -0.4 is 28.4 Å². The monoisotopic (exact) mass is 546 g/mol. The highest BCUT2D eigenvalue weighted by molar-refractivity contribution is 5.79. The summed E-state index contributed by atoms with van der Waals surface area (Å²) in [5.41, 5.74) is 2.21. The summed E-state index contributed by atoms with van der Waals surface area (Å²) in [6.45, 7) is -0.310. The van der Waals surface area contributed by atoms with Gasteiger partial charge in [0.1, 0.15) is 18.3 Å². The topological polar surface area (TPSA) is 152 Å². The van der Waals surface area contributed by atoms with Crippen molar-refractivity contribution in [3.05, 3.63) is 34.9 Å². The molecule has 3 N–H and O–H groups in total. The fourth-order valence-corrected chi connectivity index (χ4v) is 6.06. The molecule has 0 bridgehead atoms. The van der Waals surface area contributed by atoms with E-state index in [1.165, 1.54) is 21.3 Å². The van der Waals surface area contributed by atoms with Gasteiger partial charge in [-0.25, -0.2) is 0 Å². The van der Waals surface area contributed by atoms with E-state index >= 15 is 0 Å². The quantitative estimate of drug-likeness (QED) is 0.420. The van der Waals surface area contributed by atoms with Crippen LogP contribution in [0.15, 0.2) is 18.2 Å². The van der Waals surface area contributed by atoms with Crippen LogP contribution in [-0.4, -0.2) is 87.2 Å². The summed E-state index contributed by atoms with van der Waals surface area (Å²) < 4.78 is 45.4. The van der Waals surface area contributed by atoms with Crippen molar-refractivity contribution in [2.75, 3.05) is 41.3 Å². The molecule has 4 aliphatic rings. The van der Waals surface area contributed by atoms with Crippen LogP contribution in [0.1, 0.15) is 22.6 Å². The van der Waals surface area contributed by atoms with Gasteiger partial charge < -0.3 is 53.2 Å². The molecule has 0 saturated carbocycles. The van der Waals surface area contributed by atoms with Gasteiger partial charge in [0.2, 0.25) is 24.6 Å². The van der Waals surface area contributed by atoms with Crippen molar-refractivity contribution in [1.29, 1.82) is 0 Å². The van der Waals surface area contributed by atoms with Crippen molar-refractivity contribution in [3.63, 3.8) is 0 Å². The summed E-state index contributed by atoms with van der Waals surface area (Å²) in [4.78, 5) is 13.1. The molecule has 3 heterocycles. The second kappa shape index (κ2) is 9.94. The van der Waals surface area contributed by atoms with Gasteiger partial charge in [0.15, 0.2) is 23.0 Å². The highest BCUT2D eigenvalue weighted by Gasteiger charge is 2.51. The first kappa shape index (κ1) is 25.8. The summed E-state index contributed by atoms with van der Waals surface area (Å²) in [6.07, 6.45) is -4.59. The molecule has 2 aromatic rings. The molecular weight excluding hydrogens is 516 g/mol. The molecule has 2 fully saturated rings. The Hall–Kier alpha value is -3.45. The zero-order chi connectivity index (χ0) is 27.4. The van der Waals surface area contributed by atoms with Crippen molar-refractivity contribution in [1.82, 2.24) is 0 Å². The van der Waals surface area contributed by atoms with Crippen LogP contribution >= 0.6 is 0 Å². The molecule has 39 heavy (non-hydrogen) atoms. The third-order valence-corrected chi connectivity index (χ3v) is 7.92. The zero-order valence-electron chi connectivity index (χ0n) is 21.6. The molecule has 1 aliphatic carbocycles. The molecule has 2 aromatic carbocycles. The lowest BCUT2D eigenvalue weighted by molar-refractivity contribution is -0.141. The molecule has 0 amide bonds. The summed E-state index contributed by atoms with van der Waals surface area (Å²) in [7, 11) is 4.56. The van der Waals surface area contributed by atoms with Crippen molar-refractivity contribution >= 4 is 5.97 Å². The molecule has 2 saturated heterocycles. The molecule has 210 valence electrons. The fraction of sp³-hybridized carbons (Fsp3) is 0.519. The van der Waals surface area contributed by atoms with Gasteiger partial charge in [-0.3, -0.25) is 4.79 Å². The summed E-state index contributed by atoms with van der Waals surface area (Å²) in [5, 5.41) is 30.4. The van der Waals surface area contributed by atoms with E-state index in [1.54, 1.807) is 12.1 Å². The number of benzene rings is 2. The molecule has 12 heteroatoms. The average Bonchev–Trinajstić information content (AvgIpc) is 3.65. The van der Waals surface area contributed by atoms with Crippen LogP contribution in [0, 0.1) is 11.8 Å². The normalized spacial score (nSPS) is 30.4. The number of ether oxygens (including phenoxy) is 8. The number of aliphatic hydroxyl groups is 3. The van der Waals surface area contributed by atoms with Crippen LogP contribution in [0.2, 0.25) is 0 Å². The third-order valence-electron chi connectivity index (χ3n) is 7.92.